The lowest BCUT2D eigenvalue weighted by Gasteiger charge is -2.39. The first-order valence-electron chi connectivity index (χ1n) is 6.57. The maximum atomic E-state index is 4.10. The third kappa shape index (κ3) is 3.50. The van der Waals surface area contributed by atoms with Gasteiger partial charge in [-0.2, -0.15) is 10.2 Å². The Morgan fingerprint density at radius 2 is 2.29 bits per heavy atom. The molecule has 17 heavy (non-hydrogen) atoms. The summed E-state index contributed by atoms with van der Waals surface area (Å²) in [6.45, 7) is 7.95. The fourth-order valence-corrected chi connectivity index (χ4v) is 2.91. The maximum absolute atomic E-state index is 4.10. The molecule has 1 fully saturated rings. The second-order valence-electron chi connectivity index (χ2n) is 6.09. The van der Waals surface area contributed by atoms with Gasteiger partial charge in [-0.05, 0) is 42.7 Å². The molecule has 0 aromatic carbocycles. The summed E-state index contributed by atoms with van der Waals surface area (Å²) in [6, 6.07) is 4.60. The van der Waals surface area contributed by atoms with Crippen molar-refractivity contribution in [3.63, 3.8) is 0 Å². The molecule has 1 heterocycles. The minimum Gasteiger partial charge on any atom is -0.308 e. The van der Waals surface area contributed by atoms with Crippen molar-refractivity contribution >= 4 is 0 Å². The topological polar surface area (TPSA) is 37.8 Å². The molecule has 1 aliphatic rings. The largest absolute Gasteiger partial charge is 0.308 e. The molecule has 2 rings (SSSR count). The average molecular weight is 233 g/mol. The van der Waals surface area contributed by atoms with Crippen LogP contribution in [0.4, 0.5) is 0 Å². The van der Waals surface area contributed by atoms with Crippen LogP contribution in [0.5, 0.6) is 0 Å². The first-order valence-corrected chi connectivity index (χ1v) is 6.57. The van der Waals surface area contributed by atoms with Gasteiger partial charge < -0.3 is 5.32 Å². The number of nitrogens with zero attached hydrogens (tertiary/aromatic N) is 2. The van der Waals surface area contributed by atoms with Crippen LogP contribution in [0, 0.1) is 11.3 Å². The van der Waals surface area contributed by atoms with Gasteiger partial charge in [0.25, 0.3) is 0 Å². The highest BCUT2D eigenvalue weighted by atomic mass is 15.1. The van der Waals surface area contributed by atoms with E-state index in [1.165, 1.54) is 19.3 Å². The maximum Gasteiger partial charge on any atom is 0.0769 e. The molecule has 2 atom stereocenters. The van der Waals surface area contributed by atoms with Crippen LogP contribution in [-0.2, 0) is 6.54 Å². The highest BCUT2D eigenvalue weighted by Gasteiger charge is 2.31. The van der Waals surface area contributed by atoms with Crippen LogP contribution < -0.4 is 5.32 Å². The zero-order chi connectivity index (χ0) is 12.3. The first-order chi connectivity index (χ1) is 8.07. The standard InChI is InChI=1S/C14H23N3/c1-11-9-14(2,3)7-6-13(11)15-10-12-5-4-8-16-17-12/h4-5,8,11,13,15H,6-7,9-10H2,1-3H3. The fraction of sp³-hybridized carbons (Fsp3) is 0.714. The second kappa shape index (κ2) is 5.13. The molecule has 1 saturated carbocycles. The van der Waals surface area contributed by atoms with Crippen LogP contribution in [0.15, 0.2) is 18.3 Å². The summed E-state index contributed by atoms with van der Waals surface area (Å²) in [5.41, 5.74) is 1.55. The van der Waals surface area contributed by atoms with Gasteiger partial charge in [-0.1, -0.05) is 20.8 Å². The summed E-state index contributed by atoms with van der Waals surface area (Å²) in [6.07, 6.45) is 5.62. The van der Waals surface area contributed by atoms with Crippen LogP contribution in [-0.4, -0.2) is 16.2 Å². The molecule has 1 N–H and O–H groups in total. The van der Waals surface area contributed by atoms with Gasteiger partial charge in [-0.15, -0.1) is 0 Å². The molecular formula is C14H23N3. The molecule has 1 aliphatic carbocycles. The van der Waals surface area contributed by atoms with E-state index in [4.69, 9.17) is 0 Å². The lowest BCUT2D eigenvalue weighted by molar-refractivity contribution is 0.148. The van der Waals surface area contributed by atoms with Gasteiger partial charge in [0.05, 0.1) is 5.69 Å². The van der Waals surface area contributed by atoms with Crippen LogP contribution in [0.2, 0.25) is 0 Å². The van der Waals surface area contributed by atoms with Gasteiger partial charge in [0, 0.05) is 18.8 Å². The average Bonchev–Trinajstić information content (AvgIpc) is 2.28. The molecule has 3 nitrogen and oxygen atoms in total. The van der Waals surface area contributed by atoms with Gasteiger partial charge in [-0.25, -0.2) is 0 Å². The molecular weight excluding hydrogens is 210 g/mol. The van der Waals surface area contributed by atoms with Crippen molar-refractivity contribution in [3.05, 3.63) is 24.0 Å². The van der Waals surface area contributed by atoms with E-state index in [9.17, 15) is 0 Å². The summed E-state index contributed by atoms with van der Waals surface area (Å²) in [5.74, 6) is 0.746. The van der Waals surface area contributed by atoms with Crippen molar-refractivity contribution in [1.82, 2.24) is 15.5 Å². The lowest BCUT2D eigenvalue weighted by Crippen LogP contribution is -2.41. The molecule has 0 amide bonds. The molecule has 0 aliphatic heterocycles. The van der Waals surface area contributed by atoms with E-state index in [2.05, 4.69) is 36.3 Å². The van der Waals surface area contributed by atoms with Crippen LogP contribution in [0.3, 0.4) is 0 Å². The zero-order valence-electron chi connectivity index (χ0n) is 11.1. The fourth-order valence-electron chi connectivity index (χ4n) is 2.91. The molecule has 3 heteroatoms. The Balaban J connectivity index is 1.84. The molecule has 0 spiro atoms. The highest BCUT2D eigenvalue weighted by Crippen LogP contribution is 2.38. The Labute approximate surface area is 104 Å². The van der Waals surface area contributed by atoms with Crippen molar-refractivity contribution in [2.75, 3.05) is 0 Å². The minimum absolute atomic E-state index is 0.518. The summed E-state index contributed by atoms with van der Waals surface area (Å²) in [7, 11) is 0. The molecule has 0 saturated heterocycles. The van der Waals surface area contributed by atoms with Crippen molar-refractivity contribution in [3.8, 4) is 0 Å². The quantitative estimate of drug-likeness (QED) is 0.872. The van der Waals surface area contributed by atoms with Gasteiger partial charge in [0.2, 0.25) is 0 Å². The normalized spacial score (nSPS) is 27.9. The number of rotatable bonds is 3. The van der Waals surface area contributed by atoms with Crippen LogP contribution in [0.25, 0.3) is 0 Å². The van der Waals surface area contributed by atoms with Crippen molar-refractivity contribution in [2.24, 2.45) is 11.3 Å². The third-order valence-electron chi connectivity index (χ3n) is 3.87. The smallest absolute Gasteiger partial charge is 0.0769 e. The predicted molar refractivity (Wildman–Crippen MR) is 69.5 cm³/mol. The van der Waals surface area contributed by atoms with E-state index in [1.807, 2.05) is 12.1 Å². The van der Waals surface area contributed by atoms with E-state index in [0.717, 1.165) is 18.2 Å². The van der Waals surface area contributed by atoms with Gasteiger partial charge >= 0.3 is 0 Å². The minimum atomic E-state index is 0.518. The number of hydrogen-bond acceptors (Lipinski definition) is 3. The summed E-state index contributed by atoms with van der Waals surface area (Å²) >= 11 is 0. The van der Waals surface area contributed by atoms with Gasteiger partial charge in [-0.3, -0.25) is 0 Å². The Kier molecular flexibility index (Phi) is 3.77. The van der Waals surface area contributed by atoms with Crippen LogP contribution >= 0.6 is 0 Å². The van der Waals surface area contributed by atoms with E-state index in [-0.39, 0.29) is 0 Å². The van der Waals surface area contributed by atoms with E-state index >= 15 is 0 Å². The summed E-state index contributed by atoms with van der Waals surface area (Å²) in [4.78, 5) is 0. The second-order valence-corrected chi connectivity index (χ2v) is 6.09. The Morgan fingerprint density at radius 3 is 2.94 bits per heavy atom. The molecule has 94 valence electrons. The Hall–Kier alpha value is -0.960. The molecule has 1 aromatic heterocycles. The zero-order valence-corrected chi connectivity index (χ0v) is 11.1. The number of nitrogens with one attached hydrogen (secondary N) is 1. The van der Waals surface area contributed by atoms with E-state index in [1.54, 1.807) is 6.20 Å². The SMILES string of the molecule is CC1CC(C)(C)CCC1NCc1cccnn1. The van der Waals surface area contributed by atoms with Gasteiger partial charge in [0.1, 0.15) is 0 Å². The summed E-state index contributed by atoms with van der Waals surface area (Å²) < 4.78 is 0. The first kappa shape index (κ1) is 12.5. The molecule has 1 aromatic rings. The molecule has 0 radical (unpaired) electrons. The number of hydrogen-bond donors (Lipinski definition) is 1. The highest BCUT2D eigenvalue weighted by molar-refractivity contribution is 4.99. The van der Waals surface area contributed by atoms with Crippen LogP contribution in [0.1, 0.15) is 45.7 Å². The van der Waals surface area contributed by atoms with Crippen molar-refractivity contribution in [1.29, 1.82) is 0 Å². The molecule has 0 bridgehead atoms. The Bertz CT molecular complexity index is 348. The predicted octanol–water partition coefficient (Wildman–Crippen LogP) is 2.78. The van der Waals surface area contributed by atoms with Crippen molar-refractivity contribution < 1.29 is 0 Å². The monoisotopic (exact) mass is 233 g/mol. The Morgan fingerprint density at radius 1 is 1.47 bits per heavy atom. The molecule has 2 unspecified atom stereocenters. The van der Waals surface area contributed by atoms with Crippen molar-refractivity contribution in [2.45, 2.75) is 52.6 Å². The summed E-state index contributed by atoms with van der Waals surface area (Å²) in [5, 5.41) is 11.6. The van der Waals surface area contributed by atoms with Gasteiger partial charge in [0.15, 0.2) is 0 Å². The van der Waals surface area contributed by atoms with E-state index in [0.29, 0.717) is 11.5 Å². The lowest BCUT2D eigenvalue weighted by atomic mass is 9.70. The third-order valence-corrected chi connectivity index (χ3v) is 3.87. The number of aromatic nitrogens is 2. The van der Waals surface area contributed by atoms with E-state index < -0.39 is 0 Å².